The van der Waals surface area contributed by atoms with Gasteiger partial charge in [-0.25, -0.2) is 4.98 Å². The molecule has 0 bridgehead atoms. The molecule has 1 aliphatic rings. The molecule has 1 aliphatic heterocycles. The van der Waals surface area contributed by atoms with E-state index >= 15 is 0 Å². The fraction of sp³-hybridized carbons (Fsp3) is 0.400. The molecule has 1 aromatic carbocycles. The minimum Gasteiger partial charge on any atom is -0.354 e. The zero-order valence-corrected chi connectivity index (χ0v) is 11.0. The summed E-state index contributed by atoms with van der Waals surface area (Å²) >= 11 is 0. The lowest BCUT2D eigenvalue weighted by Crippen LogP contribution is -2.43. The summed E-state index contributed by atoms with van der Waals surface area (Å²) in [6, 6.07) is 8.75. The van der Waals surface area contributed by atoms with Crippen LogP contribution in [0.5, 0.6) is 0 Å². The van der Waals surface area contributed by atoms with Crippen LogP contribution in [0.1, 0.15) is 11.1 Å². The number of hydrogen-bond donors (Lipinski definition) is 1. The van der Waals surface area contributed by atoms with Crippen LogP contribution in [0.15, 0.2) is 24.3 Å². The second-order valence-corrected chi connectivity index (χ2v) is 5.06. The zero-order valence-electron chi connectivity index (χ0n) is 11.0. The Bertz CT molecular complexity index is 571. The molecule has 0 spiro atoms. The highest BCUT2D eigenvalue weighted by Crippen LogP contribution is 2.22. The molecule has 0 unspecified atom stereocenters. The van der Waals surface area contributed by atoms with Crippen LogP contribution in [-0.2, 0) is 0 Å². The van der Waals surface area contributed by atoms with E-state index in [-0.39, 0.29) is 0 Å². The Kier molecular flexibility index (Phi) is 2.92. The van der Waals surface area contributed by atoms with Crippen molar-refractivity contribution in [2.45, 2.75) is 13.8 Å². The molecule has 0 amide bonds. The maximum absolute atomic E-state index is 4.84. The number of nitrogens with one attached hydrogen (secondary N) is 1. The predicted molar refractivity (Wildman–Crippen MR) is 76.3 cm³/mol. The van der Waals surface area contributed by atoms with Crippen molar-refractivity contribution in [2.75, 3.05) is 31.1 Å². The predicted octanol–water partition coefficient (Wildman–Crippen LogP) is 2.26. The Morgan fingerprint density at radius 1 is 1.11 bits per heavy atom. The van der Waals surface area contributed by atoms with Crippen molar-refractivity contribution in [3.8, 4) is 0 Å². The van der Waals surface area contributed by atoms with Gasteiger partial charge in [-0.3, -0.25) is 0 Å². The molecule has 18 heavy (non-hydrogen) atoms. The normalized spacial score (nSPS) is 16.2. The lowest BCUT2D eigenvalue weighted by Gasteiger charge is -2.28. The lowest BCUT2D eigenvalue weighted by atomic mass is 10.1. The molecule has 1 fully saturated rings. The second-order valence-electron chi connectivity index (χ2n) is 5.06. The Morgan fingerprint density at radius 3 is 2.67 bits per heavy atom. The molecular weight excluding hydrogens is 222 g/mol. The first-order chi connectivity index (χ1) is 8.74. The van der Waals surface area contributed by atoms with E-state index in [2.05, 4.69) is 48.3 Å². The molecule has 0 aliphatic carbocycles. The van der Waals surface area contributed by atoms with Gasteiger partial charge in [-0.05, 0) is 37.6 Å². The van der Waals surface area contributed by atoms with Crippen molar-refractivity contribution < 1.29 is 0 Å². The van der Waals surface area contributed by atoms with Crippen LogP contribution in [0.2, 0.25) is 0 Å². The SMILES string of the molecule is Cc1cc(C)c2nc(N3CCNCC3)ccc2c1. The molecule has 0 saturated carbocycles. The van der Waals surface area contributed by atoms with Crippen LogP contribution < -0.4 is 10.2 Å². The van der Waals surface area contributed by atoms with Gasteiger partial charge in [0.15, 0.2) is 0 Å². The van der Waals surface area contributed by atoms with Gasteiger partial charge in [-0.1, -0.05) is 11.6 Å². The minimum atomic E-state index is 1.05. The van der Waals surface area contributed by atoms with Gasteiger partial charge in [0, 0.05) is 31.6 Å². The summed E-state index contributed by atoms with van der Waals surface area (Å²) < 4.78 is 0. The minimum absolute atomic E-state index is 1.05. The van der Waals surface area contributed by atoms with E-state index in [0.29, 0.717) is 0 Å². The fourth-order valence-electron chi connectivity index (χ4n) is 2.66. The maximum Gasteiger partial charge on any atom is 0.129 e. The van der Waals surface area contributed by atoms with Crippen molar-refractivity contribution in [1.29, 1.82) is 0 Å². The Balaban J connectivity index is 2.04. The second kappa shape index (κ2) is 4.58. The van der Waals surface area contributed by atoms with Crippen molar-refractivity contribution in [1.82, 2.24) is 10.3 Å². The number of aryl methyl sites for hydroxylation is 2. The maximum atomic E-state index is 4.84. The summed E-state index contributed by atoms with van der Waals surface area (Å²) in [6.07, 6.45) is 0. The van der Waals surface area contributed by atoms with Gasteiger partial charge >= 0.3 is 0 Å². The van der Waals surface area contributed by atoms with Crippen molar-refractivity contribution in [3.05, 3.63) is 35.4 Å². The Labute approximate surface area is 108 Å². The zero-order chi connectivity index (χ0) is 12.5. The molecule has 2 heterocycles. The molecule has 1 saturated heterocycles. The summed E-state index contributed by atoms with van der Waals surface area (Å²) in [4.78, 5) is 7.19. The van der Waals surface area contributed by atoms with Crippen molar-refractivity contribution in [3.63, 3.8) is 0 Å². The van der Waals surface area contributed by atoms with Gasteiger partial charge in [-0.2, -0.15) is 0 Å². The quantitative estimate of drug-likeness (QED) is 0.830. The summed E-state index contributed by atoms with van der Waals surface area (Å²) in [5.74, 6) is 1.11. The van der Waals surface area contributed by atoms with Gasteiger partial charge in [0.1, 0.15) is 5.82 Å². The average molecular weight is 241 g/mol. The molecule has 3 nitrogen and oxygen atoms in total. The number of anilines is 1. The van der Waals surface area contributed by atoms with E-state index in [0.717, 1.165) is 37.5 Å². The monoisotopic (exact) mass is 241 g/mol. The first-order valence-electron chi connectivity index (χ1n) is 6.58. The molecule has 0 atom stereocenters. The molecule has 3 rings (SSSR count). The first-order valence-corrected chi connectivity index (χ1v) is 6.58. The third-order valence-electron chi connectivity index (χ3n) is 3.55. The molecule has 3 heteroatoms. The van der Waals surface area contributed by atoms with Crippen molar-refractivity contribution in [2.24, 2.45) is 0 Å². The molecule has 1 N–H and O–H groups in total. The van der Waals surface area contributed by atoms with E-state index in [9.17, 15) is 0 Å². The Hall–Kier alpha value is -1.61. The molecule has 1 aromatic heterocycles. The van der Waals surface area contributed by atoms with Gasteiger partial charge in [0.05, 0.1) is 5.52 Å². The molecule has 2 aromatic rings. The number of hydrogen-bond acceptors (Lipinski definition) is 3. The number of aromatic nitrogens is 1. The molecule has 0 radical (unpaired) electrons. The summed E-state index contributed by atoms with van der Waals surface area (Å²) in [7, 11) is 0. The Morgan fingerprint density at radius 2 is 1.89 bits per heavy atom. The smallest absolute Gasteiger partial charge is 0.129 e. The highest BCUT2D eigenvalue weighted by Gasteiger charge is 2.12. The van der Waals surface area contributed by atoms with Gasteiger partial charge in [0.25, 0.3) is 0 Å². The van der Waals surface area contributed by atoms with Crippen LogP contribution in [0.3, 0.4) is 0 Å². The number of rotatable bonds is 1. The topological polar surface area (TPSA) is 28.2 Å². The van der Waals surface area contributed by atoms with E-state index in [1.54, 1.807) is 0 Å². The number of pyridine rings is 1. The first kappa shape index (κ1) is 11.5. The average Bonchev–Trinajstić information content (AvgIpc) is 2.39. The van der Waals surface area contributed by atoms with Crippen LogP contribution in [0, 0.1) is 13.8 Å². The number of fused-ring (bicyclic) bond motifs is 1. The number of piperazine rings is 1. The van der Waals surface area contributed by atoms with Gasteiger partial charge < -0.3 is 10.2 Å². The van der Waals surface area contributed by atoms with E-state index in [1.807, 2.05) is 0 Å². The third-order valence-corrected chi connectivity index (χ3v) is 3.55. The van der Waals surface area contributed by atoms with Gasteiger partial charge in [-0.15, -0.1) is 0 Å². The summed E-state index contributed by atoms with van der Waals surface area (Å²) in [5, 5.41) is 4.61. The molecule has 94 valence electrons. The highest BCUT2D eigenvalue weighted by molar-refractivity contribution is 5.84. The van der Waals surface area contributed by atoms with Crippen LogP contribution in [-0.4, -0.2) is 31.2 Å². The van der Waals surface area contributed by atoms with E-state index in [1.165, 1.54) is 16.5 Å². The third kappa shape index (κ3) is 2.06. The van der Waals surface area contributed by atoms with Crippen LogP contribution in [0.4, 0.5) is 5.82 Å². The highest BCUT2D eigenvalue weighted by atomic mass is 15.2. The standard InChI is InChI=1S/C15H19N3/c1-11-9-12(2)15-13(10-11)3-4-14(17-15)18-7-5-16-6-8-18/h3-4,9-10,16H,5-8H2,1-2H3. The number of benzene rings is 1. The van der Waals surface area contributed by atoms with Crippen molar-refractivity contribution >= 4 is 16.7 Å². The molecular formula is C15H19N3. The van der Waals surface area contributed by atoms with Crippen LogP contribution >= 0.6 is 0 Å². The van der Waals surface area contributed by atoms with Crippen LogP contribution in [0.25, 0.3) is 10.9 Å². The summed E-state index contributed by atoms with van der Waals surface area (Å²) in [6.45, 7) is 8.46. The number of nitrogens with zero attached hydrogens (tertiary/aromatic N) is 2. The van der Waals surface area contributed by atoms with E-state index < -0.39 is 0 Å². The summed E-state index contributed by atoms with van der Waals surface area (Å²) in [5.41, 5.74) is 3.70. The van der Waals surface area contributed by atoms with Gasteiger partial charge in [0.2, 0.25) is 0 Å². The fourth-order valence-corrected chi connectivity index (χ4v) is 2.66. The lowest BCUT2D eigenvalue weighted by molar-refractivity contribution is 0.585. The van der Waals surface area contributed by atoms with E-state index in [4.69, 9.17) is 4.98 Å². The largest absolute Gasteiger partial charge is 0.354 e.